The van der Waals surface area contributed by atoms with E-state index in [1.165, 1.54) is 75.4 Å². The number of hydrogen-bond acceptors (Lipinski definition) is 15. The second-order valence-corrected chi connectivity index (χ2v) is 19.0. The van der Waals surface area contributed by atoms with Gasteiger partial charge in [-0.25, -0.2) is 19.9 Å². The number of pyridine rings is 4. The predicted octanol–water partition coefficient (Wildman–Crippen LogP) is 25.2. The summed E-state index contributed by atoms with van der Waals surface area (Å²) >= 11 is 1.68. The van der Waals surface area contributed by atoms with Gasteiger partial charge in [-0.3, -0.25) is 24.9 Å². The van der Waals surface area contributed by atoms with Gasteiger partial charge >= 0.3 is 0 Å². The predicted molar refractivity (Wildman–Crippen MR) is 428 cm³/mol. The zero-order valence-corrected chi connectivity index (χ0v) is 63.5. The minimum absolute atomic E-state index is 0.644. The van der Waals surface area contributed by atoms with Gasteiger partial charge in [0.25, 0.3) is 0 Å². The summed E-state index contributed by atoms with van der Waals surface area (Å²) in [6, 6.07) is 58.2. The van der Waals surface area contributed by atoms with Crippen LogP contribution in [0.15, 0.2) is 268 Å². The first kappa shape index (κ1) is 87.6. The molecule has 12 heterocycles. The molecule has 14 aromatic rings. The van der Waals surface area contributed by atoms with Crippen LogP contribution in [-0.2, 0) is 32.2 Å². The summed E-state index contributed by atoms with van der Waals surface area (Å²) in [7, 11) is 0. The first-order chi connectivity index (χ1) is 49.7. The lowest BCUT2D eigenvalue weighted by Crippen LogP contribution is -1.85. The molecule has 3 aliphatic heterocycles. The molecular formula is C84H110N12O3S. The first-order valence-electron chi connectivity index (χ1n) is 35.6. The Bertz CT molecular complexity index is 3660. The number of thiazole rings is 1. The first-order valence-corrected chi connectivity index (χ1v) is 36.5. The number of nitrogens with one attached hydrogen (secondary N) is 1. The highest BCUT2D eigenvalue weighted by molar-refractivity contribution is 7.16. The van der Waals surface area contributed by atoms with Crippen LogP contribution in [0.2, 0.25) is 0 Å². The average molecular weight is 1370 g/mol. The Morgan fingerprint density at radius 2 is 1.05 bits per heavy atom. The fraction of sp³-hybridized carbons (Fsp3) is 0.298. The van der Waals surface area contributed by atoms with Crippen molar-refractivity contribution in [1.82, 2.24) is 44.9 Å². The van der Waals surface area contributed by atoms with Crippen molar-refractivity contribution in [3.05, 3.63) is 272 Å². The van der Waals surface area contributed by atoms with Crippen molar-refractivity contribution in [2.75, 3.05) is 6.61 Å². The fourth-order valence-electron chi connectivity index (χ4n) is 8.59. The molecule has 1 N–H and O–H groups in total. The zero-order chi connectivity index (χ0) is 73.6. The van der Waals surface area contributed by atoms with Crippen LogP contribution in [0.25, 0.3) is 54.2 Å². The van der Waals surface area contributed by atoms with Crippen molar-refractivity contribution in [3.63, 3.8) is 0 Å². The number of benzene rings is 5. The Balaban J connectivity index is 0.000000547. The van der Waals surface area contributed by atoms with Crippen LogP contribution in [0.5, 0.6) is 5.75 Å². The van der Waals surface area contributed by atoms with E-state index in [2.05, 4.69) is 109 Å². The van der Waals surface area contributed by atoms with Crippen LogP contribution in [0.4, 0.5) is 11.4 Å². The van der Waals surface area contributed by atoms with E-state index in [0.717, 1.165) is 69.8 Å². The lowest BCUT2D eigenvalue weighted by atomic mass is 10.2. The van der Waals surface area contributed by atoms with Crippen LogP contribution in [0.3, 0.4) is 0 Å². The Labute approximate surface area is 601 Å². The van der Waals surface area contributed by atoms with Crippen LogP contribution >= 0.6 is 11.3 Å². The molecule has 100 heavy (non-hydrogen) atoms. The molecule has 0 amide bonds. The number of aromatic nitrogens is 9. The summed E-state index contributed by atoms with van der Waals surface area (Å²) in [5, 5.41) is 11.1. The summed E-state index contributed by atoms with van der Waals surface area (Å²) in [5.74, 6) is 0.956. The number of aromatic amines is 1. The molecule has 4 aliphatic rings. The SMILES string of the molecule is C1=Nc2ccccc2C1.CC.CC.CC.CC.CC.CC.CC.CC.CC.c1cc2c(cn1)OCC2.c1ccc2[nH]ccc2c1.c1ccc2ncccc2c1.c1ccc2ocnc2c1.c1ccc2scnc2c1.c1cnc2c(c1)CCC2.c1cnc2c(c1)N=NC2.c1ncc2ccoc2n1. The molecule has 0 spiro atoms. The topological polar surface area (TPSA) is 192 Å². The third-order valence-electron chi connectivity index (χ3n) is 12.7. The van der Waals surface area contributed by atoms with Crippen molar-refractivity contribution < 1.29 is 13.6 Å². The van der Waals surface area contributed by atoms with Gasteiger partial charge in [-0.2, -0.15) is 10.2 Å². The van der Waals surface area contributed by atoms with E-state index in [4.69, 9.17) is 13.6 Å². The van der Waals surface area contributed by atoms with Gasteiger partial charge < -0.3 is 18.6 Å². The maximum atomic E-state index is 5.24. The lowest BCUT2D eigenvalue weighted by Gasteiger charge is -1.92. The maximum absolute atomic E-state index is 5.24. The number of H-pyrrole nitrogens is 1. The molecule has 530 valence electrons. The number of para-hydroxylation sites is 6. The van der Waals surface area contributed by atoms with Gasteiger partial charge in [0.05, 0.1) is 57.1 Å². The summed E-state index contributed by atoms with van der Waals surface area (Å²) in [6.07, 6.45) is 24.9. The van der Waals surface area contributed by atoms with Gasteiger partial charge in [-0.1, -0.05) is 216 Å². The van der Waals surface area contributed by atoms with Gasteiger partial charge in [0.1, 0.15) is 29.8 Å². The molecule has 0 bridgehead atoms. The molecule has 0 saturated carbocycles. The number of hydrogen-bond donors (Lipinski definition) is 1. The highest BCUT2D eigenvalue weighted by atomic mass is 32.1. The number of oxazole rings is 1. The van der Waals surface area contributed by atoms with E-state index in [9.17, 15) is 0 Å². The van der Waals surface area contributed by atoms with E-state index in [-0.39, 0.29) is 0 Å². The largest absolute Gasteiger partial charge is 0.491 e. The van der Waals surface area contributed by atoms with E-state index >= 15 is 0 Å². The Hall–Kier alpha value is -10.4. The van der Waals surface area contributed by atoms with Gasteiger partial charge in [-0.05, 0) is 121 Å². The third kappa shape index (κ3) is 31.8. The molecule has 0 fully saturated rings. The van der Waals surface area contributed by atoms with E-state index in [1.807, 2.05) is 282 Å². The van der Waals surface area contributed by atoms with Gasteiger partial charge in [0.15, 0.2) is 12.0 Å². The number of rotatable bonds is 0. The minimum atomic E-state index is 0.644. The van der Waals surface area contributed by atoms with Gasteiger partial charge in [0.2, 0.25) is 5.71 Å². The molecule has 0 radical (unpaired) electrons. The molecular weight excluding hydrogens is 1260 g/mol. The second kappa shape index (κ2) is 58.7. The number of fused-ring (bicyclic) bond motifs is 9. The molecule has 0 saturated heterocycles. The number of aryl methyl sites for hydroxylation is 2. The summed E-state index contributed by atoms with van der Waals surface area (Å²) in [6.45, 7) is 37.5. The monoisotopic (exact) mass is 1370 g/mol. The Kier molecular flexibility index (Phi) is 51.4. The van der Waals surface area contributed by atoms with Crippen molar-refractivity contribution in [2.24, 2.45) is 15.2 Å². The summed E-state index contributed by atoms with van der Waals surface area (Å²) in [4.78, 5) is 39.5. The normalized spacial score (nSPS) is 10.4. The average Bonchev–Trinajstić information content (AvgIpc) is 1.93. The lowest BCUT2D eigenvalue weighted by molar-refractivity contribution is 0.355. The van der Waals surface area contributed by atoms with Crippen molar-refractivity contribution in [2.45, 2.75) is 163 Å². The molecule has 0 atom stereocenters. The van der Waals surface area contributed by atoms with E-state index in [0.29, 0.717) is 12.3 Å². The fourth-order valence-corrected chi connectivity index (χ4v) is 9.27. The Morgan fingerprint density at radius 1 is 0.430 bits per heavy atom. The molecule has 5 aromatic carbocycles. The number of aliphatic imine (C=N–C) groups is 1. The van der Waals surface area contributed by atoms with E-state index in [1.54, 1.807) is 42.4 Å². The van der Waals surface area contributed by atoms with Crippen LogP contribution in [0, 0.1) is 0 Å². The smallest absolute Gasteiger partial charge is 0.228 e. The van der Waals surface area contributed by atoms with E-state index < -0.39 is 0 Å². The molecule has 18 rings (SSSR count). The summed E-state index contributed by atoms with van der Waals surface area (Å²) < 4.78 is 16.5. The van der Waals surface area contributed by atoms with Gasteiger partial charge in [-0.15, -0.1) is 11.3 Å². The quantitative estimate of drug-likeness (QED) is 0.152. The van der Waals surface area contributed by atoms with Gasteiger partial charge in [0, 0.05) is 78.4 Å². The van der Waals surface area contributed by atoms with Crippen molar-refractivity contribution in [3.8, 4) is 5.75 Å². The summed E-state index contributed by atoms with van der Waals surface area (Å²) in [5.41, 5.74) is 16.1. The van der Waals surface area contributed by atoms with Crippen molar-refractivity contribution in [1.29, 1.82) is 0 Å². The second-order valence-electron chi connectivity index (χ2n) is 18.2. The standard InChI is InChI=1S/C9H7N.C8H9N.2C8H7N.C7H7NO.C7H5NO.C7H5NS.C6H5N3.C6H4N2O.9C2H6/c1-2-6-9-8(4-1)5-3-7-10-9;1-3-7-4-2-6-9-8(7)5-1;2*1-2-4-8-7(3-1)5-6-9-8;1-3-8-5-7-6(1)2-4-9-7;2*1-2-4-7-6(3-1)8-5-9-7;1-2-5-6(7-3-1)4-8-9-5;1-2-9-6-5(1)3-7-4-8-6;9*1-2/h1-7H;2,4,6H,1,3,5H2;1-4,6H,5H2;1-6,9H;1,3,5H,2,4H2;2*1-5H;1-3H,4H2;1-4H;9*1-2H3. The highest BCUT2D eigenvalue weighted by Gasteiger charge is 2.10. The molecule has 1 aliphatic carbocycles. The molecule has 15 nitrogen and oxygen atoms in total. The van der Waals surface area contributed by atoms with Crippen LogP contribution in [-0.4, -0.2) is 57.7 Å². The number of furan rings is 1. The third-order valence-corrected chi connectivity index (χ3v) is 13.5. The Morgan fingerprint density at radius 3 is 1.74 bits per heavy atom. The zero-order valence-electron chi connectivity index (χ0n) is 62.7. The molecule has 9 aromatic heterocycles. The molecule has 0 unspecified atom stereocenters. The van der Waals surface area contributed by atoms with Crippen LogP contribution < -0.4 is 4.74 Å². The number of azo groups is 1. The van der Waals surface area contributed by atoms with Crippen LogP contribution in [0.1, 0.15) is 159 Å². The molecule has 16 heteroatoms. The highest BCUT2D eigenvalue weighted by Crippen LogP contribution is 2.25. The minimum Gasteiger partial charge on any atom is -0.491 e. The number of nitrogens with zero attached hydrogens (tertiary/aromatic N) is 11. The number of ether oxygens (including phenoxy) is 1. The van der Waals surface area contributed by atoms with Crippen molar-refractivity contribution >= 4 is 83.1 Å². The maximum Gasteiger partial charge on any atom is 0.228 e.